The molecule has 292 valence electrons. The van der Waals surface area contributed by atoms with Gasteiger partial charge in [-0.2, -0.15) is 0 Å². The molecule has 0 N–H and O–H groups in total. The lowest BCUT2D eigenvalue weighted by atomic mass is 10.0. The molecule has 1 aliphatic rings. The molecule has 12 rings (SSSR count). The molecule has 0 saturated carbocycles. The van der Waals surface area contributed by atoms with Crippen LogP contribution in [0.3, 0.4) is 0 Å². The van der Waals surface area contributed by atoms with Crippen molar-refractivity contribution >= 4 is 38.8 Å². The smallest absolute Gasteiger partial charge is 0.164 e. The lowest BCUT2D eigenvalue weighted by Crippen LogP contribution is -2.03. The first-order valence-corrected chi connectivity index (χ1v) is 21.2. The molecular weight excluding hydrogens is 755 g/mol. The van der Waals surface area contributed by atoms with Crippen LogP contribution in [0.1, 0.15) is 17.7 Å². The summed E-state index contributed by atoms with van der Waals surface area (Å²) < 4.78 is 4.89. The lowest BCUT2D eigenvalue weighted by molar-refractivity contribution is 0.889. The number of aromatic nitrogens is 5. The van der Waals surface area contributed by atoms with Crippen LogP contribution >= 0.6 is 0 Å². The molecule has 3 aromatic heterocycles. The van der Waals surface area contributed by atoms with Crippen molar-refractivity contribution < 1.29 is 0 Å². The largest absolute Gasteiger partial charge is 0.313 e. The second-order valence-electron chi connectivity index (χ2n) is 16.0. The van der Waals surface area contributed by atoms with Gasteiger partial charge in [-0.05, 0) is 83.6 Å². The number of allylic oxidation sites excluding steroid dienone is 1. The van der Waals surface area contributed by atoms with E-state index in [1.807, 2.05) is 60.7 Å². The molecule has 1 aliphatic carbocycles. The first kappa shape index (κ1) is 35.8. The SMILES string of the molecule is C1=Cc2c(n(-c3cccc(-c4ccc5c6ccccc6n(-c6cccc(-c7cccc(-c8nc(-c9ccccc9)nc(-c9ccccc9)n8)c7)c6)c5c4)c3)c3ccccc23)CC1. The predicted molar refractivity (Wildman–Crippen MR) is 256 cm³/mol. The van der Waals surface area contributed by atoms with Crippen LogP contribution in [0.5, 0.6) is 0 Å². The third-order valence-electron chi connectivity index (χ3n) is 12.2. The van der Waals surface area contributed by atoms with Crippen molar-refractivity contribution in [1.29, 1.82) is 0 Å². The Morgan fingerprint density at radius 3 is 1.50 bits per heavy atom. The molecule has 5 nitrogen and oxygen atoms in total. The molecule has 8 aromatic carbocycles. The van der Waals surface area contributed by atoms with E-state index in [-0.39, 0.29) is 0 Å². The molecule has 62 heavy (non-hydrogen) atoms. The number of nitrogens with zero attached hydrogens (tertiary/aromatic N) is 5. The number of fused-ring (bicyclic) bond motifs is 6. The summed E-state index contributed by atoms with van der Waals surface area (Å²) in [7, 11) is 0. The molecule has 0 spiro atoms. The summed E-state index contributed by atoms with van der Waals surface area (Å²) in [5.74, 6) is 1.93. The van der Waals surface area contributed by atoms with Crippen molar-refractivity contribution in [1.82, 2.24) is 24.1 Å². The minimum absolute atomic E-state index is 0.636. The van der Waals surface area contributed by atoms with Crippen LogP contribution in [-0.4, -0.2) is 24.1 Å². The van der Waals surface area contributed by atoms with E-state index in [2.05, 4.69) is 161 Å². The summed E-state index contributed by atoms with van der Waals surface area (Å²) in [6.07, 6.45) is 6.69. The monoisotopic (exact) mass is 793 g/mol. The van der Waals surface area contributed by atoms with Crippen molar-refractivity contribution in [2.45, 2.75) is 12.8 Å². The third kappa shape index (κ3) is 6.13. The van der Waals surface area contributed by atoms with Crippen molar-refractivity contribution in [3.63, 3.8) is 0 Å². The van der Waals surface area contributed by atoms with Crippen LogP contribution in [0.2, 0.25) is 0 Å². The number of rotatable bonds is 7. The number of benzene rings is 8. The van der Waals surface area contributed by atoms with Gasteiger partial charge >= 0.3 is 0 Å². The van der Waals surface area contributed by atoms with Crippen LogP contribution in [0.25, 0.3) is 107 Å². The molecule has 0 amide bonds. The van der Waals surface area contributed by atoms with E-state index >= 15 is 0 Å². The maximum atomic E-state index is 5.02. The highest BCUT2D eigenvalue weighted by Crippen LogP contribution is 2.38. The first-order valence-electron chi connectivity index (χ1n) is 21.2. The normalized spacial score (nSPS) is 12.3. The van der Waals surface area contributed by atoms with Gasteiger partial charge in [-0.15, -0.1) is 0 Å². The Kier molecular flexibility index (Phi) is 8.56. The van der Waals surface area contributed by atoms with Crippen LogP contribution in [-0.2, 0) is 6.42 Å². The molecular formula is C57H39N5. The van der Waals surface area contributed by atoms with E-state index in [4.69, 9.17) is 15.0 Å². The van der Waals surface area contributed by atoms with E-state index in [1.54, 1.807) is 0 Å². The maximum Gasteiger partial charge on any atom is 0.164 e. The van der Waals surface area contributed by atoms with E-state index in [9.17, 15) is 0 Å². The third-order valence-corrected chi connectivity index (χ3v) is 12.2. The van der Waals surface area contributed by atoms with E-state index in [0.717, 1.165) is 46.3 Å². The Labute approximate surface area is 359 Å². The quantitative estimate of drug-likeness (QED) is 0.161. The van der Waals surface area contributed by atoms with Gasteiger partial charge in [0, 0.05) is 55.5 Å². The molecule has 0 radical (unpaired) electrons. The summed E-state index contributed by atoms with van der Waals surface area (Å²) in [5.41, 5.74) is 16.0. The van der Waals surface area contributed by atoms with Gasteiger partial charge in [0.2, 0.25) is 0 Å². The van der Waals surface area contributed by atoms with Crippen molar-refractivity contribution in [3.05, 3.63) is 218 Å². The molecule has 0 bridgehead atoms. The minimum Gasteiger partial charge on any atom is -0.313 e. The zero-order chi connectivity index (χ0) is 41.0. The van der Waals surface area contributed by atoms with Gasteiger partial charge in [-0.1, -0.05) is 164 Å². The Morgan fingerprint density at radius 2 is 0.823 bits per heavy atom. The highest BCUT2D eigenvalue weighted by molar-refractivity contribution is 6.10. The van der Waals surface area contributed by atoms with Gasteiger partial charge in [0.25, 0.3) is 0 Å². The van der Waals surface area contributed by atoms with E-state index < -0.39 is 0 Å². The Balaban J connectivity index is 0.956. The first-order chi connectivity index (χ1) is 30.7. The fourth-order valence-corrected chi connectivity index (χ4v) is 9.32. The molecule has 3 heterocycles. The summed E-state index contributed by atoms with van der Waals surface area (Å²) in [6.45, 7) is 0. The summed E-state index contributed by atoms with van der Waals surface area (Å²) in [6, 6.07) is 71.1. The van der Waals surface area contributed by atoms with Crippen molar-refractivity contribution in [2.24, 2.45) is 0 Å². The fourth-order valence-electron chi connectivity index (χ4n) is 9.32. The number of para-hydroxylation sites is 2. The fraction of sp³-hybridized carbons (Fsp3) is 0.0351. The second-order valence-corrected chi connectivity index (χ2v) is 16.0. The maximum absolute atomic E-state index is 5.02. The van der Waals surface area contributed by atoms with Crippen LogP contribution in [0, 0.1) is 0 Å². The Bertz CT molecular complexity index is 3460. The van der Waals surface area contributed by atoms with Crippen LogP contribution < -0.4 is 0 Å². The van der Waals surface area contributed by atoms with Gasteiger partial charge in [-0.3, -0.25) is 0 Å². The van der Waals surface area contributed by atoms with Gasteiger partial charge in [0.05, 0.1) is 16.6 Å². The zero-order valence-electron chi connectivity index (χ0n) is 33.9. The van der Waals surface area contributed by atoms with E-state index in [1.165, 1.54) is 60.8 Å². The number of hydrogen-bond donors (Lipinski definition) is 0. The van der Waals surface area contributed by atoms with Crippen molar-refractivity contribution in [3.8, 4) is 67.8 Å². The second kappa shape index (κ2) is 14.8. The summed E-state index contributed by atoms with van der Waals surface area (Å²) in [4.78, 5) is 14.9. The van der Waals surface area contributed by atoms with Gasteiger partial charge < -0.3 is 9.13 Å². The predicted octanol–water partition coefficient (Wildman–Crippen LogP) is 14.2. The molecule has 5 heteroatoms. The Morgan fingerprint density at radius 1 is 0.339 bits per heavy atom. The van der Waals surface area contributed by atoms with Crippen molar-refractivity contribution in [2.75, 3.05) is 0 Å². The molecule has 0 aliphatic heterocycles. The number of hydrogen-bond acceptors (Lipinski definition) is 3. The highest BCUT2D eigenvalue weighted by atomic mass is 15.0. The van der Waals surface area contributed by atoms with Crippen LogP contribution in [0.4, 0.5) is 0 Å². The Hall–Kier alpha value is -8.15. The van der Waals surface area contributed by atoms with Gasteiger partial charge in [-0.25, -0.2) is 15.0 Å². The highest BCUT2D eigenvalue weighted by Gasteiger charge is 2.20. The summed E-state index contributed by atoms with van der Waals surface area (Å²) in [5, 5.41) is 3.76. The van der Waals surface area contributed by atoms with Crippen LogP contribution in [0.15, 0.2) is 206 Å². The average Bonchev–Trinajstić information content (AvgIpc) is 3.87. The summed E-state index contributed by atoms with van der Waals surface area (Å²) >= 11 is 0. The standard InChI is InChI=1S/C57H39N5/c1-3-16-38(17-4-1)55-58-56(39-18-5-2-6-19-39)60-57(59-55)44-23-13-20-40(34-44)41-21-14-25-46(35-41)62-53-31-12-9-28-49(53)50-33-32-43(37-54(50)62)42-22-15-24-45(36-42)61-51-29-10-7-26-47(51)48-27-8-11-30-52(48)61/h1-10,12-29,31-37H,11,30H2. The average molecular weight is 794 g/mol. The molecule has 0 saturated heterocycles. The van der Waals surface area contributed by atoms with Gasteiger partial charge in [0.15, 0.2) is 17.5 Å². The lowest BCUT2D eigenvalue weighted by Gasteiger charge is -2.15. The molecule has 0 atom stereocenters. The topological polar surface area (TPSA) is 48.5 Å². The molecule has 0 fully saturated rings. The zero-order valence-corrected chi connectivity index (χ0v) is 33.9. The van der Waals surface area contributed by atoms with E-state index in [0.29, 0.717) is 17.5 Å². The molecule has 0 unspecified atom stereocenters. The molecule has 11 aromatic rings. The minimum atomic E-state index is 0.636. The van der Waals surface area contributed by atoms with Gasteiger partial charge in [0.1, 0.15) is 0 Å².